The van der Waals surface area contributed by atoms with E-state index < -0.39 is 10.0 Å². The molecule has 0 bridgehead atoms. The Bertz CT molecular complexity index is 934. The second-order valence-corrected chi connectivity index (χ2v) is 9.61. The smallest absolute Gasteiger partial charge is 0.315 e. The van der Waals surface area contributed by atoms with E-state index in [2.05, 4.69) is 9.55 Å². The van der Waals surface area contributed by atoms with Crippen molar-refractivity contribution < 1.29 is 17.9 Å². The van der Waals surface area contributed by atoms with Gasteiger partial charge in [-0.25, -0.2) is 13.4 Å². The summed E-state index contributed by atoms with van der Waals surface area (Å²) in [6.07, 6.45) is 2.90. The maximum absolute atomic E-state index is 12.9. The summed E-state index contributed by atoms with van der Waals surface area (Å²) >= 11 is 1.45. The molecule has 0 radical (unpaired) electrons. The van der Waals surface area contributed by atoms with Crippen LogP contribution >= 0.6 is 11.8 Å². The van der Waals surface area contributed by atoms with E-state index in [1.54, 1.807) is 23.4 Å². The Kier molecular flexibility index (Phi) is 7.00. The number of aromatic nitrogens is 2. The number of aryl methyl sites for hydroxylation is 1. The van der Waals surface area contributed by atoms with E-state index in [1.807, 2.05) is 13.0 Å². The molecule has 1 aliphatic heterocycles. The van der Waals surface area contributed by atoms with Crippen LogP contribution in [-0.2, 0) is 31.9 Å². The van der Waals surface area contributed by atoms with Gasteiger partial charge in [-0.2, -0.15) is 4.31 Å². The lowest BCUT2D eigenvalue weighted by Gasteiger charge is -2.25. The zero-order valence-corrected chi connectivity index (χ0v) is 18.0. The van der Waals surface area contributed by atoms with Crippen LogP contribution in [0.25, 0.3) is 11.0 Å². The van der Waals surface area contributed by atoms with Crippen molar-refractivity contribution in [2.75, 3.05) is 25.4 Å². The first-order chi connectivity index (χ1) is 13.5. The number of benzene rings is 1. The van der Waals surface area contributed by atoms with Crippen LogP contribution < -0.4 is 0 Å². The predicted octanol–water partition coefficient (Wildman–Crippen LogP) is 3.03. The maximum atomic E-state index is 12.9. The minimum absolute atomic E-state index is 0.235. The Morgan fingerprint density at radius 3 is 2.64 bits per heavy atom. The number of nitrogens with zero attached hydrogens (tertiary/aromatic N) is 3. The number of esters is 1. The SMILES string of the molecule is CCOC(=O)CSCc1nc2cc(S(=O)(=O)N3CCCCC3)ccc2n1CC. The van der Waals surface area contributed by atoms with Gasteiger partial charge in [0.1, 0.15) is 5.82 Å². The molecule has 0 spiro atoms. The standard InChI is InChI=1S/C19H27N3O4S2/c1-3-22-17-9-8-15(28(24,25)21-10-6-5-7-11-21)12-16(17)20-18(22)13-27-14-19(23)26-4-2/h8-9,12H,3-7,10-11,13-14H2,1-2H3. The van der Waals surface area contributed by atoms with Crippen molar-refractivity contribution in [3.8, 4) is 0 Å². The van der Waals surface area contributed by atoms with Gasteiger partial charge in [-0.1, -0.05) is 6.42 Å². The first-order valence-corrected chi connectivity index (χ1v) is 12.3. The first kappa shape index (κ1) is 21.1. The third kappa shape index (κ3) is 4.52. The Labute approximate surface area is 170 Å². The van der Waals surface area contributed by atoms with Gasteiger partial charge in [0.2, 0.25) is 10.0 Å². The second kappa shape index (κ2) is 9.28. The number of sulfonamides is 1. The predicted molar refractivity (Wildman–Crippen MR) is 111 cm³/mol. The molecule has 1 saturated heterocycles. The summed E-state index contributed by atoms with van der Waals surface area (Å²) in [6.45, 7) is 6.08. The second-order valence-electron chi connectivity index (χ2n) is 6.69. The van der Waals surface area contributed by atoms with E-state index in [0.29, 0.717) is 35.9 Å². The fraction of sp³-hybridized carbons (Fsp3) is 0.579. The summed E-state index contributed by atoms with van der Waals surface area (Å²) in [4.78, 5) is 16.5. The number of imidazole rings is 1. The average Bonchev–Trinajstić information content (AvgIpc) is 3.05. The van der Waals surface area contributed by atoms with Crippen LogP contribution in [0.5, 0.6) is 0 Å². The van der Waals surface area contributed by atoms with Crippen LogP contribution in [0, 0.1) is 0 Å². The van der Waals surface area contributed by atoms with Gasteiger partial charge in [-0.3, -0.25) is 4.79 Å². The van der Waals surface area contributed by atoms with Crippen LogP contribution in [0.4, 0.5) is 0 Å². The molecule has 2 aromatic rings. The fourth-order valence-electron chi connectivity index (χ4n) is 3.47. The summed E-state index contributed by atoms with van der Waals surface area (Å²) in [5.41, 5.74) is 1.58. The molecule has 154 valence electrons. The summed E-state index contributed by atoms with van der Waals surface area (Å²) in [5, 5.41) is 0. The minimum Gasteiger partial charge on any atom is -0.465 e. The molecule has 1 aromatic carbocycles. The van der Waals surface area contributed by atoms with Crippen molar-refractivity contribution >= 4 is 38.8 Å². The molecule has 0 amide bonds. The van der Waals surface area contributed by atoms with Crippen molar-refractivity contribution in [3.63, 3.8) is 0 Å². The molecule has 0 saturated carbocycles. The molecule has 1 aromatic heterocycles. The number of carbonyl (C=O) groups is 1. The van der Waals surface area contributed by atoms with Gasteiger partial charge in [0.05, 0.1) is 34.0 Å². The molecule has 2 heterocycles. The lowest BCUT2D eigenvalue weighted by molar-refractivity contribution is -0.139. The van der Waals surface area contributed by atoms with E-state index in [-0.39, 0.29) is 11.7 Å². The Morgan fingerprint density at radius 1 is 1.21 bits per heavy atom. The van der Waals surface area contributed by atoms with Gasteiger partial charge in [-0.15, -0.1) is 11.8 Å². The van der Waals surface area contributed by atoms with E-state index >= 15 is 0 Å². The number of hydrogen-bond acceptors (Lipinski definition) is 6. The van der Waals surface area contributed by atoms with E-state index in [0.717, 1.165) is 37.1 Å². The van der Waals surface area contributed by atoms with Crippen LogP contribution in [0.3, 0.4) is 0 Å². The van der Waals surface area contributed by atoms with Crippen LogP contribution in [0.15, 0.2) is 23.1 Å². The summed E-state index contributed by atoms with van der Waals surface area (Å²) in [5.74, 6) is 1.44. The number of fused-ring (bicyclic) bond motifs is 1. The molecule has 7 nitrogen and oxygen atoms in total. The third-order valence-corrected chi connectivity index (χ3v) is 7.62. The maximum Gasteiger partial charge on any atom is 0.315 e. The molecule has 0 aliphatic carbocycles. The number of rotatable bonds is 8. The highest BCUT2D eigenvalue weighted by atomic mass is 32.2. The van der Waals surface area contributed by atoms with E-state index in [4.69, 9.17) is 4.74 Å². The Morgan fingerprint density at radius 2 is 1.96 bits per heavy atom. The summed E-state index contributed by atoms with van der Waals surface area (Å²) in [7, 11) is -3.48. The van der Waals surface area contributed by atoms with Gasteiger partial charge < -0.3 is 9.30 Å². The van der Waals surface area contributed by atoms with Crippen LogP contribution in [-0.4, -0.2) is 53.7 Å². The zero-order chi connectivity index (χ0) is 20.1. The van der Waals surface area contributed by atoms with Gasteiger partial charge in [0.25, 0.3) is 0 Å². The highest BCUT2D eigenvalue weighted by Gasteiger charge is 2.26. The number of piperidine rings is 1. The molecular formula is C19H27N3O4S2. The number of ether oxygens (including phenoxy) is 1. The monoisotopic (exact) mass is 425 g/mol. The molecule has 9 heteroatoms. The van der Waals surface area contributed by atoms with E-state index in [9.17, 15) is 13.2 Å². The molecule has 0 atom stereocenters. The normalized spacial score (nSPS) is 15.8. The number of thioether (sulfide) groups is 1. The largest absolute Gasteiger partial charge is 0.465 e. The fourth-order valence-corrected chi connectivity index (χ4v) is 5.76. The molecule has 3 rings (SSSR count). The van der Waals surface area contributed by atoms with Gasteiger partial charge in [0.15, 0.2) is 0 Å². The third-order valence-electron chi connectivity index (χ3n) is 4.82. The summed E-state index contributed by atoms with van der Waals surface area (Å²) < 4.78 is 34.5. The van der Waals surface area contributed by atoms with Crippen molar-refractivity contribution in [1.29, 1.82) is 0 Å². The molecule has 1 fully saturated rings. The Balaban J connectivity index is 1.83. The lowest BCUT2D eigenvalue weighted by atomic mass is 10.2. The number of carbonyl (C=O) groups excluding carboxylic acids is 1. The highest BCUT2D eigenvalue weighted by molar-refractivity contribution is 7.99. The van der Waals surface area contributed by atoms with Gasteiger partial charge in [-0.05, 0) is 44.9 Å². The highest BCUT2D eigenvalue weighted by Crippen LogP contribution is 2.26. The molecular weight excluding hydrogens is 398 g/mol. The van der Waals surface area contributed by atoms with Gasteiger partial charge in [0, 0.05) is 19.6 Å². The van der Waals surface area contributed by atoms with E-state index in [1.165, 1.54) is 11.8 Å². The topological polar surface area (TPSA) is 81.5 Å². The van der Waals surface area contributed by atoms with Crippen molar-refractivity contribution in [1.82, 2.24) is 13.9 Å². The lowest BCUT2D eigenvalue weighted by Crippen LogP contribution is -2.35. The molecule has 0 N–H and O–H groups in total. The van der Waals surface area contributed by atoms with Crippen molar-refractivity contribution in [2.24, 2.45) is 0 Å². The number of hydrogen-bond donors (Lipinski definition) is 0. The first-order valence-electron chi connectivity index (χ1n) is 9.70. The zero-order valence-electron chi connectivity index (χ0n) is 16.4. The average molecular weight is 426 g/mol. The minimum atomic E-state index is -3.48. The van der Waals surface area contributed by atoms with Crippen LogP contribution in [0.1, 0.15) is 38.9 Å². The quantitative estimate of drug-likeness (QED) is 0.605. The molecule has 28 heavy (non-hydrogen) atoms. The van der Waals surface area contributed by atoms with Gasteiger partial charge >= 0.3 is 5.97 Å². The van der Waals surface area contributed by atoms with Crippen molar-refractivity contribution in [3.05, 3.63) is 24.0 Å². The summed E-state index contributed by atoms with van der Waals surface area (Å²) in [6, 6.07) is 5.18. The molecule has 0 unspecified atom stereocenters. The Hall–Kier alpha value is -1.58. The molecule has 1 aliphatic rings. The van der Waals surface area contributed by atoms with Crippen LogP contribution in [0.2, 0.25) is 0 Å². The van der Waals surface area contributed by atoms with Crippen molar-refractivity contribution in [2.45, 2.75) is 50.3 Å².